The predicted molar refractivity (Wildman–Crippen MR) is 128 cm³/mol. The smallest absolute Gasteiger partial charge is 0.225 e. The third-order valence-corrected chi connectivity index (χ3v) is 6.04. The Morgan fingerprint density at radius 1 is 1.18 bits per heavy atom. The number of nitrogens with one attached hydrogen (secondary N) is 2. The van der Waals surface area contributed by atoms with Crippen molar-refractivity contribution < 1.29 is 9.18 Å². The van der Waals surface area contributed by atoms with Crippen LogP contribution in [0, 0.1) is 18.7 Å². The molecule has 4 rings (SSSR count). The number of hydrogen-bond acceptors (Lipinski definition) is 6. The number of carbonyl (C=O) groups is 1. The van der Waals surface area contributed by atoms with E-state index < -0.39 is 5.82 Å². The van der Waals surface area contributed by atoms with E-state index in [1.807, 2.05) is 0 Å². The summed E-state index contributed by atoms with van der Waals surface area (Å²) < 4.78 is 14.3. The second-order valence-electron chi connectivity index (χ2n) is 8.41. The molecule has 1 saturated heterocycles. The second kappa shape index (κ2) is 10.2. The van der Waals surface area contributed by atoms with Crippen LogP contribution in [0.15, 0.2) is 42.6 Å². The summed E-state index contributed by atoms with van der Waals surface area (Å²) in [6.45, 7) is 3.85. The van der Waals surface area contributed by atoms with Crippen molar-refractivity contribution >= 4 is 34.7 Å². The molecule has 2 aromatic heterocycles. The van der Waals surface area contributed by atoms with Gasteiger partial charge in [-0.15, -0.1) is 0 Å². The van der Waals surface area contributed by atoms with Crippen molar-refractivity contribution in [3.63, 3.8) is 0 Å². The van der Waals surface area contributed by atoms with Gasteiger partial charge in [-0.05, 0) is 76.2 Å². The first kappa shape index (κ1) is 23.1. The van der Waals surface area contributed by atoms with E-state index in [4.69, 9.17) is 11.6 Å². The van der Waals surface area contributed by atoms with Crippen LogP contribution in [0.25, 0.3) is 11.3 Å². The van der Waals surface area contributed by atoms with Gasteiger partial charge in [0.1, 0.15) is 11.6 Å². The number of halogens is 2. The Morgan fingerprint density at radius 3 is 2.76 bits per heavy atom. The molecule has 0 unspecified atom stereocenters. The van der Waals surface area contributed by atoms with Crippen LogP contribution in [-0.2, 0) is 4.79 Å². The maximum absolute atomic E-state index is 14.3. The molecule has 0 atom stereocenters. The summed E-state index contributed by atoms with van der Waals surface area (Å²) in [6.07, 6.45) is 4.18. The number of aromatic nitrogens is 3. The van der Waals surface area contributed by atoms with Gasteiger partial charge in [0.05, 0.1) is 17.1 Å². The van der Waals surface area contributed by atoms with Crippen molar-refractivity contribution in [3.8, 4) is 11.3 Å². The van der Waals surface area contributed by atoms with E-state index in [1.54, 1.807) is 31.3 Å². The number of pyridine rings is 1. The zero-order valence-electron chi connectivity index (χ0n) is 18.6. The molecule has 0 bridgehead atoms. The van der Waals surface area contributed by atoms with Gasteiger partial charge in [0, 0.05) is 35.0 Å². The van der Waals surface area contributed by atoms with Crippen LogP contribution in [0.2, 0.25) is 5.02 Å². The molecule has 172 valence electrons. The van der Waals surface area contributed by atoms with Crippen LogP contribution in [0.3, 0.4) is 0 Å². The largest absolute Gasteiger partial charge is 0.354 e. The quantitative estimate of drug-likeness (QED) is 0.526. The zero-order chi connectivity index (χ0) is 23.4. The molecule has 1 fully saturated rings. The molecule has 1 aliphatic heterocycles. The van der Waals surface area contributed by atoms with Gasteiger partial charge in [0.25, 0.3) is 0 Å². The molecular weight excluding hydrogens is 443 g/mol. The Hall–Kier alpha value is -3.10. The molecular formula is C24H26ClFN6O. The van der Waals surface area contributed by atoms with E-state index in [1.165, 1.54) is 18.2 Å². The first-order valence-electron chi connectivity index (χ1n) is 10.9. The fraction of sp³-hybridized carbons (Fsp3) is 0.333. The lowest BCUT2D eigenvalue weighted by Crippen LogP contribution is -2.32. The van der Waals surface area contributed by atoms with Gasteiger partial charge in [-0.25, -0.2) is 9.37 Å². The van der Waals surface area contributed by atoms with Gasteiger partial charge >= 0.3 is 0 Å². The highest BCUT2D eigenvalue weighted by atomic mass is 35.5. The number of benzene rings is 1. The van der Waals surface area contributed by atoms with Crippen LogP contribution >= 0.6 is 11.6 Å². The van der Waals surface area contributed by atoms with E-state index in [0.717, 1.165) is 25.9 Å². The number of piperidine rings is 1. The van der Waals surface area contributed by atoms with E-state index >= 15 is 0 Å². The summed E-state index contributed by atoms with van der Waals surface area (Å²) >= 11 is 6.02. The Bertz CT molecular complexity index is 1150. The number of carbonyl (C=O) groups excluding carboxylic acids is 1. The molecule has 33 heavy (non-hydrogen) atoms. The molecule has 3 heterocycles. The molecule has 7 nitrogen and oxygen atoms in total. The topological polar surface area (TPSA) is 83.0 Å². The molecule has 0 aliphatic carbocycles. The maximum Gasteiger partial charge on any atom is 0.225 e. The van der Waals surface area contributed by atoms with Gasteiger partial charge in [-0.3, -0.25) is 4.79 Å². The lowest BCUT2D eigenvalue weighted by atomic mass is 9.93. The average Bonchev–Trinajstić information content (AvgIpc) is 2.79. The minimum Gasteiger partial charge on any atom is -0.354 e. The van der Waals surface area contributed by atoms with Crippen LogP contribution in [0.4, 0.5) is 21.6 Å². The third kappa shape index (κ3) is 6.03. The van der Waals surface area contributed by atoms with Gasteiger partial charge < -0.3 is 15.5 Å². The number of amides is 1. The molecule has 0 saturated carbocycles. The highest BCUT2D eigenvalue weighted by molar-refractivity contribution is 6.30. The van der Waals surface area contributed by atoms with Crippen LogP contribution < -0.4 is 10.6 Å². The predicted octanol–water partition coefficient (Wildman–Crippen LogP) is 5.05. The number of hydrogen-bond donors (Lipinski definition) is 2. The highest BCUT2D eigenvalue weighted by Crippen LogP contribution is 2.28. The number of nitrogens with zero attached hydrogens (tertiary/aromatic N) is 4. The van der Waals surface area contributed by atoms with Crippen molar-refractivity contribution in [2.75, 3.05) is 30.8 Å². The van der Waals surface area contributed by atoms with Gasteiger partial charge in [-0.2, -0.15) is 10.2 Å². The molecule has 0 radical (unpaired) electrons. The monoisotopic (exact) mass is 468 g/mol. The minimum atomic E-state index is -0.429. The van der Waals surface area contributed by atoms with Crippen molar-refractivity contribution in [2.45, 2.75) is 26.2 Å². The number of anilines is 3. The SMILES string of the molecule is Cc1nnc(-c2cc(Cl)ccc2F)cc1Nc1ccnc(NC(=O)CC2CCN(C)CC2)c1. The number of likely N-dealkylation sites (tertiary alicyclic amines) is 1. The van der Waals surface area contributed by atoms with Gasteiger partial charge in [0.15, 0.2) is 0 Å². The highest BCUT2D eigenvalue weighted by Gasteiger charge is 2.20. The Balaban J connectivity index is 1.46. The molecule has 1 aliphatic rings. The summed E-state index contributed by atoms with van der Waals surface area (Å²) in [7, 11) is 2.10. The molecule has 2 N–H and O–H groups in total. The number of rotatable bonds is 6. The average molecular weight is 469 g/mol. The van der Waals surface area contributed by atoms with E-state index in [-0.39, 0.29) is 11.5 Å². The lowest BCUT2D eigenvalue weighted by Gasteiger charge is -2.28. The molecule has 3 aromatic rings. The van der Waals surface area contributed by atoms with Gasteiger partial charge in [-0.1, -0.05) is 11.6 Å². The zero-order valence-corrected chi connectivity index (χ0v) is 19.4. The van der Waals surface area contributed by atoms with Crippen LogP contribution in [0.5, 0.6) is 0 Å². The van der Waals surface area contributed by atoms with Crippen LogP contribution in [0.1, 0.15) is 25.0 Å². The number of aryl methyl sites for hydroxylation is 1. The van der Waals surface area contributed by atoms with Crippen molar-refractivity contribution in [3.05, 3.63) is 59.1 Å². The Morgan fingerprint density at radius 2 is 1.97 bits per heavy atom. The first-order chi connectivity index (χ1) is 15.9. The van der Waals surface area contributed by atoms with Crippen molar-refractivity contribution in [1.29, 1.82) is 0 Å². The summed E-state index contributed by atoms with van der Waals surface area (Å²) in [5.41, 5.74) is 2.66. The summed E-state index contributed by atoms with van der Waals surface area (Å²) in [5.74, 6) is 0.411. The summed E-state index contributed by atoms with van der Waals surface area (Å²) in [6, 6.07) is 9.56. The molecule has 0 spiro atoms. The summed E-state index contributed by atoms with van der Waals surface area (Å²) in [5, 5.41) is 14.8. The van der Waals surface area contributed by atoms with E-state index in [9.17, 15) is 9.18 Å². The lowest BCUT2D eigenvalue weighted by molar-refractivity contribution is -0.117. The fourth-order valence-corrected chi connectivity index (χ4v) is 4.03. The van der Waals surface area contributed by atoms with Gasteiger partial charge in [0.2, 0.25) is 5.91 Å². The third-order valence-electron chi connectivity index (χ3n) is 5.80. The molecule has 1 amide bonds. The molecule has 9 heteroatoms. The first-order valence-corrected chi connectivity index (χ1v) is 11.3. The normalized spacial score (nSPS) is 14.8. The fourth-order valence-electron chi connectivity index (χ4n) is 3.86. The Labute approximate surface area is 197 Å². The standard InChI is InChI=1S/C24H26ClFN6O/c1-15-21(14-22(31-30-15)19-12-17(25)3-4-20(19)26)28-18-5-8-27-23(13-18)29-24(33)11-16-6-9-32(2)10-7-16/h3-5,8,12-14,16H,6-7,9-11H2,1-2H3,(H2,27,28,29,31,33). The Kier molecular flexibility index (Phi) is 7.15. The summed E-state index contributed by atoms with van der Waals surface area (Å²) in [4.78, 5) is 19.0. The van der Waals surface area contributed by atoms with E-state index in [0.29, 0.717) is 45.9 Å². The van der Waals surface area contributed by atoms with Crippen molar-refractivity contribution in [2.24, 2.45) is 5.92 Å². The van der Waals surface area contributed by atoms with Crippen molar-refractivity contribution in [1.82, 2.24) is 20.1 Å². The molecule has 1 aromatic carbocycles. The van der Waals surface area contributed by atoms with Crippen LogP contribution in [-0.4, -0.2) is 46.1 Å². The maximum atomic E-state index is 14.3. The second-order valence-corrected chi connectivity index (χ2v) is 8.84. The van der Waals surface area contributed by atoms with E-state index in [2.05, 4.69) is 37.8 Å². The minimum absolute atomic E-state index is 0.0327.